The van der Waals surface area contributed by atoms with Gasteiger partial charge in [-0.3, -0.25) is 0 Å². The topological polar surface area (TPSA) is 95.9 Å². The predicted molar refractivity (Wildman–Crippen MR) is 31.9 cm³/mol. The van der Waals surface area contributed by atoms with Gasteiger partial charge in [-0.15, -0.1) is 0 Å². The summed E-state index contributed by atoms with van der Waals surface area (Å²) in [6.07, 6.45) is -3.69. The lowest BCUT2D eigenvalue weighted by atomic mass is 10.0. The van der Waals surface area contributed by atoms with Crippen molar-refractivity contribution in [2.24, 2.45) is 5.73 Å². The first-order valence-corrected chi connectivity index (χ1v) is 3.04. The smallest absolute Gasteiger partial charge is 0.183 e. The third kappa shape index (κ3) is 1.28. The molecule has 0 bridgehead atoms. The summed E-state index contributed by atoms with van der Waals surface area (Å²) in [5.74, 6) is 0. The second kappa shape index (κ2) is 2.81. The Hall–Kier alpha value is -0.200. The zero-order chi connectivity index (χ0) is 7.72. The quantitative estimate of drug-likeness (QED) is 0.302. The molecular weight excluding hydrogens is 138 g/mol. The van der Waals surface area contributed by atoms with Crippen LogP contribution in [-0.4, -0.2) is 46.5 Å². The van der Waals surface area contributed by atoms with E-state index in [4.69, 9.17) is 21.1 Å². The Balaban J connectivity index is 2.52. The number of aliphatic hydroxyl groups excluding tert-OH is 3. The molecule has 1 aliphatic rings. The molecule has 0 aromatic heterocycles. The highest BCUT2D eigenvalue weighted by molar-refractivity contribution is 4.84. The van der Waals surface area contributed by atoms with Crippen LogP contribution in [0.4, 0.5) is 0 Å². The second-order valence-corrected chi connectivity index (χ2v) is 2.37. The lowest BCUT2D eigenvalue weighted by Crippen LogP contribution is -2.56. The molecule has 0 spiro atoms. The van der Waals surface area contributed by atoms with Crippen molar-refractivity contribution in [1.29, 1.82) is 0 Å². The highest BCUT2D eigenvalue weighted by atomic mass is 16.6. The van der Waals surface area contributed by atoms with Crippen molar-refractivity contribution < 1.29 is 20.1 Å². The minimum absolute atomic E-state index is 0.0688. The lowest BCUT2D eigenvalue weighted by molar-refractivity contribution is -0.225. The summed E-state index contributed by atoms with van der Waals surface area (Å²) in [7, 11) is 0. The first-order chi connectivity index (χ1) is 4.63. The number of aliphatic hydroxyl groups is 3. The number of nitrogens with two attached hydrogens (primary N) is 1. The van der Waals surface area contributed by atoms with Gasteiger partial charge < -0.3 is 25.8 Å². The first-order valence-electron chi connectivity index (χ1n) is 3.04. The van der Waals surface area contributed by atoms with Gasteiger partial charge in [0.2, 0.25) is 0 Å². The fraction of sp³-hybridized carbons (Fsp3) is 1.00. The SMILES string of the molecule is N[C@@H]1CO[C@H](O)[C@H](O)[C@H]1O. The van der Waals surface area contributed by atoms with Crippen LogP contribution in [0, 0.1) is 0 Å². The Labute approximate surface area is 58.0 Å². The molecule has 4 atom stereocenters. The van der Waals surface area contributed by atoms with Crippen molar-refractivity contribution in [2.45, 2.75) is 24.5 Å². The van der Waals surface area contributed by atoms with E-state index in [1.165, 1.54) is 0 Å². The summed E-state index contributed by atoms with van der Waals surface area (Å²) >= 11 is 0. The summed E-state index contributed by atoms with van der Waals surface area (Å²) in [6.45, 7) is 0.0688. The molecule has 5 nitrogen and oxygen atoms in total. The van der Waals surface area contributed by atoms with Crippen molar-refractivity contribution in [3.05, 3.63) is 0 Å². The Kier molecular flexibility index (Phi) is 2.22. The van der Waals surface area contributed by atoms with Gasteiger partial charge >= 0.3 is 0 Å². The fourth-order valence-electron chi connectivity index (χ4n) is 0.829. The van der Waals surface area contributed by atoms with Gasteiger partial charge in [-0.1, -0.05) is 0 Å². The van der Waals surface area contributed by atoms with Crippen LogP contribution in [0.3, 0.4) is 0 Å². The van der Waals surface area contributed by atoms with Crippen molar-refractivity contribution in [3.63, 3.8) is 0 Å². The van der Waals surface area contributed by atoms with E-state index in [0.717, 1.165) is 0 Å². The highest BCUT2D eigenvalue weighted by Gasteiger charge is 2.35. The van der Waals surface area contributed by atoms with Gasteiger partial charge in [-0.2, -0.15) is 0 Å². The second-order valence-electron chi connectivity index (χ2n) is 2.37. The molecule has 0 unspecified atom stereocenters. The van der Waals surface area contributed by atoms with Gasteiger partial charge in [0, 0.05) is 0 Å². The Morgan fingerprint density at radius 3 is 2.30 bits per heavy atom. The van der Waals surface area contributed by atoms with E-state index in [1.807, 2.05) is 0 Å². The van der Waals surface area contributed by atoms with Crippen molar-refractivity contribution >= 4 is 0 Å². The standard InChI is InChI=1S/C5H11NO4/c6-2-1-10-5(9)4(8)3(2)7/h2-5,7-9H,1,6H2/t2-,3+,4-,5+/m1/s1. The van der Waals surface area contributed by atoms with E-state index in [0.29, 0.717) is 0 Å². The van der Waals surface area contributed by atoms with Crippen LogP contribution in [0.1, 0.15) is 0 Å². The first kappa shape index (κ1) is 7.90. The van der Waals surface area contributed by atoms with E-state index in [-0.39, 0.29) is 6.61 Å². The van der Waals surface area contributed by atoms with Crippen LogP contribution >= 0.6 is 0 Å². The molecular formula is C5H11NO4. The molecule has 5 N–H and O–H groups in total. The van der Waals surface area contributed by atoms with Gasteiger partial charge in [0.15, 0.2) is 6.29 Å². The normalized spacial score (nSPS) is 49.2. The lowest BCUT2D eigenvalue weighted by Gasteiger charge is -2.32. The van der Waals surface area contributed by atoms with Crippen molar-refractivity contribution in [3.8, 4) is 0 Å². The monoisotopic (exact) mass is 149 g/mol. The molecule has 60 valence electrons. The maximum Gasteiger partial charge on any atom is 0.183 e. The summed E-state index contributed by atoms with van der Waals surface area (Å²) in [5, 5.41) is 26.7. The van der Waals surface area contributed by atoms with E-state index in [9.17, 15) is 0 Å². The van der Waals surface area contributed by atoms with E-state index in [1.54, 1.807) is 0 Å². The largest absolute Gasteiger partial charge is 0.388 e. The molecule has 10 heavy (non-hydrogen) atoms. The number of hydrogen-bond acceptors (Lipinski definition) is 5. The molecule has 1 rings (SSSR count). The summed E-state index contributed by atoms with van der Waals surface area (Å²) < 4.78 is 4.59. The maximum absolute atomic E-state index is 9.00. The molecule has 0 amide bonds. The Bertz CT molecular complexity index is 106. The van der Waals surface area contributed by atoms with Gasteiger partial charge in [0.05, 0.1) is 12.6 Å². The third-order valence-electron chi connectivity index (χ3n) is 1.54. The summed E-state index contributed by atoms with van der Waals surface area (Å²) in [6, 6.07) is -0.613. The minimum Gasteiger partial charge on any atom is -0.388 e. The molecule has 1 fully saturated rings. The van der Waals surface area contributed by atoms with E-state index in [2.05, 4.69) is 4.74 Å². The van der Waals surface area contributed by atoms with Crippen molar-refractivity contribution in [2.75, 3.05) is 6.61 Å². The average molecular weight is 149 g/mol. The molecule has 1 aliphatic heterocycles. The Morgan fingerprint density at radius 1 is 1.20 bits per heavy atom. The predicted octanol–water partition coefficient (Wildman–Crippen LogP) is -2.62. The zero-order valence-electron chi connectivity index (χ0n) is 5.34. The van der Waals surface area contributed by atoms with Gasteiger partial charge in [0.1, 0.15) is 12.2 Å². The molecule has 0 aromatic carbocycles. The van der Waals surface area contributed by atoms with Crippen LogP contribution in [-0.2, 0) is 4.74 Å². The Morgan fingerprint density at radius 2 is 1.80 bits per heavy atom. The van der Waals surface area contributed by atoms with Crippen LogP contribution in [0.5, 0.6) is 0 Å². The minimum atomic E-state index is -1.31. The molecule has 0 saturated carbocycles. The molecule has 0 aliphatic carbocycles. The molecule has 5 heteroatoms. The number of rotatable bonds is 0. The number of ether oxygens (including phenoxy) is 1. The molecule has 1 saturated heterocycles. The van der Waals surface area contributed by atoms with Gasteiger partial charge in [-0.25, -0.2) is 0 Å². The van der Waals surface area contributed by atoms with Gasteiger partial charge in [-0.05, 0) is 0 Å². The summed E-state index contributed by atoms with van der Waals surface area (Å²) in [4.78, 5) is 0. The fourth-order valence-corrected chi connectivity index (χ4v) is 0.829. The molecule has 1 heterocycles. The van der Waals surface area contributed by atoms with Crippen LogP contribution in [0.2, 0.25) is 0 Å². The number of hydrogen-bond donors (Lipinski definition) is 4. The van der Waals surface area contributed by atoms with E-state index >= 15 is 0 Å². The summed E-state index contributed by atoms with van der Waals surface area (Å²) in [5.41, 5.74) is 5.28. The van der Waals surface area contributed by atoms with E-state index < -0.39 is 24.5 Å². The van der Waals surface area contributed by atoms with Crippen LogP contribution in [0.25, 0.3) is 0 Å². The van der Waals surface area contributed by atoms with Gasteiger partial charge in [0.25, 0.3) is 0 Å². The zero-order valence-corrected chi connectivity index (χ0v) is 5.34. The van der Waals surface area contributed by atoms with Crippen LogP contribution in [0.15, 0.2) is 0 Å². The van der Waals surface area contributed by atoms with Crippen molar-refractivity contribution in [1.82, 2.24) is 0 Å². The van der Waals surface area contributed by atoms with Crippen LogP contribution < -0.4 is 5.73 Å². The maximum atomic E-state index is 9.00. The third-order valence-corrected chi connectivity index (χ3v) is 1.54. The molecule has 0 radical (unpaired) electrons. The average Bonchev–Trinajstić information content (AvgIpc) is 1.93. The highest BCUT2D eigenvalue weighted by Crippen LogP contribution is 2.11. The molecule has 0 aromatic rings.